The van der Waals surface area contributed by atoms with E-state index in [-0.39, 0.29) is 18.4 Å². The molecule has 3 heterocycles. The van der Waals surface area contributed by atoms with Crippen molar-refractivity contribution in [3.8, 4) is 16.2 Å². The van der Waals surface area contributed by atoms with Crippen LogP contribution in [0.2, 0.25) is 0 Å². The molecule has 0 saturated heterocycles. The number of nitrogens with two attached hydrogens (primary N) is 2. The summed E-state index contributed by atoms with van der Waals surface area (Å²) >= 11 is 2.97. The lowest BCUT2D eigenvalue weighted by Gasteiger charge is -2.11. The number of benzene rings is 1. The Balaban J connectivity index is 1.68. The summed E-state index contributed by atoms with van der Waals surface area (Å²) in [4.78, 5) is 18.4. The van der Waals surface area contributed by atoms with Crippen molar-refractivity contribution in [3.63, 3.8) is 0 Å². The smallest absolute Gasteiger partial charge is 0.221 e. The number of nitrogen functional groups attached to an aromatic ring is 2. The van der Waals surface area contributed by atoms with Crippen molar-refractivity contribution in [2.24, 2.45) is 0 Å². The lowest BCUT2D eigenvalue weighted by molar-refractivity contribution is 0.306. The molecule has 4 aromatic rings. The van der Waals surface area contributed by atoms with E-state index >= 15 is 0 Å². The maximum atomic E-state index is 13.9. The van der Waals surface area contributed by atoms with Gasteiger partial charge in [0.15, 0.2) is 5.16 Å². The van der Waals surface area contributed by atoms with Crippen molar-refractivity contribution >= 4 is 45.1 Å². The molecule has 0 bridgehead atoms. The molecule has 0 spiro atoms. The Labute approximate surface area is 168 Å². The fourth-order valence-electron chi connectivity index (χ4n) is 2.57. The Kier molecular flexibility index (Phi) is 4.97. The number of halogens is 1. The van der Waals surface area contributed by atoms with Crippen molar-refractivity contribution in [1.29, 1.82) is 0 Å². The second kappa shape index (κ2) is 7.56. The van der Waals surface area contributed by atoms with E-state index in [2.05, 4.69) is 19.9 Å². The van der Waals surface area contributed by atoms with Gasteiger partial charge in [-0.05, 0) is 24.5 Å². The van der Waals surface area contributed by atoms with E-state index < -0.39 is 5.82 Å². The normalized spacial score (nSPS) is 11.1. The van der Waals surface area contributed by atoms with E-state index in [1.54, 1.807) is 12.3 Å². The van der Waals surface area contributed by atoms with Crippen LogP contribution in [0.25, 0.3) is 20.7 Å². The molecule has 4 rings (SSSR count). The largest absolute Gasteiger partial charge is 0.488 e. The van der Waals surface area contributed by atoms with E-state index in [0.717, 1.165) is 20.7 Å². The van der Waals surface area contributed by atoms with E-state index in [1.807, 2.05) is 12.3 Å². The van der Waals surface area contributed by atoms with E-state index in [1.165, 1.54) is 41.4 Å². The molecule has 3 aromatic heterocycles. The van der Waals surface area contributed by atoms with Crippen LogP contribution in [0.1, 0.15) is 5.56 Å². The molecule has 0 radical (unpaired) electrons. The maximum Gasteiger partial charge on any atom is 0.221 e. The summed E-state index contributed by atoms with van der Waals surface area (Å²) in [7, 11) is 0. The molecular formula is C18H15FN6OS2. The number of fused-ring (bicyclic) bond motifs is 1. The molecular weight excluding hydrogens is 399 g/mol. The number of thioether (sulfide) groups is 1. The summed E-state index contributed by atoms with van der Waals surface area (Å²) < 4.78 is 19.7. The fraction of sp³-hybridized carbons (Fsp3) is 0.111. The topological polar surface area (TPSA) is 113 Å². The lowest BCUT2D eigenvalue weighted by Crippen LogP contribution is -2.06. The van der Waals surface area contributed by atoms with Crippen LogP contribution in [0.4, 0.5) is 16.2 Å². The molecule has 7 nitrogen and oxygen atoms in total. The quantitative estimate of drug-likeness (QED) is 0.375. The Morgan fingerprint density at radius 3 is 2.79 bits per heavy atom. The van der Waals surface area contributed by atoms with Crippen LogP contribution in [0.3, 0.4) is 0 Å². The third-order valence-electron chi connectivity index (χ3n) is 3.94. The van der Waals surface area contributed by atoms with Gasteiger partial charge in [-0.3, -0.25) is 0 Å². The van der Waals surface area contributed by atoms with Gasteiger partial charge < -0.3 is 16.2 Å². The SMILES string of the molecule is CSc1ncc2cc(-c3ccc(F)cc3OCc3cnc(N)nc3N)sc2n1. The minimum atomic E-state index is -0.397. The van der Waals surface area contributed by atoms with Gasteiger partial charge in [-0.15, -0.1) is 11.3 Å². The van der Waals surface area contributed by atoms with E-state index in [4.69, 9.17) is 16.2 Å². The van der Waals surface area contributed by atoms with Crippen LogP contribution in [-0.4, -0.2) is 26.2 Å². The Hall–Kier alpha value is -2.98. The number of hydrogen-bond donors (Lipinski definition) is 2. The van der Waals surface area contributed by atoms with Gasteiger partial charge in [-0.2, -0.15) is 4.98 Å². The molecule has 0 amide bonds. The van der Waals surface area contributed by atoms with Gasteiger partial charge in [-0.25, -0.2) is 19.3 Å². The molecule has 0 aliphatic carbocycles. The van der Waals surface area contributed by atoms with Gasteiger partial charge in [-0.1, -0.05) is 11.8 Å². The molecule has 142 valence electrons. The summed E-state index contributed by atoms with van der Waals surface area (Å²) in [5, 5.41) is 1.62. The number of rotatable bonds is 5. The van der Waals surface area contributed by atoms with Crippen molar-refractivity contribution < 1.29 is 9.13 Å². The van der Waals surface area contributed by atoms with Gasteiger partial charge >= 0.3 is 0 Å². The first-order chi connectivity index (χ1) is 13.5. The fourth-order valence-corrected chi connectivity index (χ4v) is 4.00. The average Bonchev–Trinajstić information content (AvgIpc) is 3.10. The molecule has 0 fully saturated rings. The van der Waals surface area contributed by atoms with E-state index in [9.17, 15) is 4.39 Å². The monoisotopic (exact) mass is 414 g/mol. The van der Waals surface area contributed by atoms with Crippen LogP contribution in [-0.2, 0) is 6.61 Å². The minimum Gasteiger partial charge on any atom is -0.488 e. The number of ether oxygens (including phenoxy) is 1. The standard InChI is InChI=1S/C18H15FN6OS2/c1-27-18-23-6-9-4-14(28-16(9)25-18)12-3-2-11(19)5-13(12)26-8-10-7-22-17(21)24-15(10)20/h2-7H,8H2,1H3,(H4,20,21,22,24). The molecule has 0 aliphatic heterocycles. The molecule has 10 heteroatoms. The van der Waals surface area contributed by atoms with Crippen LogP contribution in [0.15, 0.2) is 41.8 Å². The summed E-state index contributed by atoms with van der Waals surface area (Å²) in [6.07, 6.45) is 5.20. The first-order valence-electron chi connectivity index (χ1n) is 8.13. The predicted molar refractivity (Wildman–Crippen MR) is 110 cm³/mol. The zero-order chi connectivity index (χ0) is 19.7. The summed E-state index contributed by atoms with van der Waals surface area (Å²) in [6.45, 7) is 0.0872. The third-order valence-corrected chi connectivity index (χ3v) is 5.58. The lowest BCUT2D eigenvalue weighted by atomic mass is 10.1. The molecule has 28 heavy (non-hydrogen) atoms. The molecule has 0 unspecified atom stereocenters. The zero-order valence-corrected chi connectivity index (χ0v) is 16.4. The van der Waals surface area contributed by atoms with Gasteiger partial charge in [0.25, 0.3) is 0 Å². The predicted octanol–water partition coefficient (Wildman–Crippen LogP) is 3.75. The molecule has 0 atom stereocenters. The zero-order valence-electron chi connectivity index (χ0n) is 14.7. The highest BCUT2D eigenvalue weighted by molar-refractivity contribution is 7.98. The number of nitrogens with zero attached hydrogens (tertiary/aromatic N) is 4. The van der Waals surface area contributed by atoms with Gasteiger partial charge in [0.05, 0.1) is 5.56 Å². The number of anilines is 2. The highest BCUT2D eigenvalue weighted by atomic mass is 32.2. The number of thiophene rings is 1. The van der Waals surface area contributed by atoms with Crippen LogP contribution >= 0.6 is 23.1 Å². The molecule has 0 saturated carbocycles. The van der Waals surface area contributed by atoms with Crippen molar-refractivity contribution in [2.45, 2.75) is 11.8 Å². The first kappa shape index (κ1) is 18.4. The van der Waals surface area contributed by atoms with Crippen LogP contribution in [0.5, 0.6) is 5.75 Å². The highest BCUT2D eigenvalue weighted by Gasteiger charge is 2.14. The minimum absolute atomic E-state index is 0.0868. The first-order valence-corrected chi connectivity index (χ1v) is 10.2. The second-order valence-electron chi connectivity index (χ2n) is 5.80. The number of aromatic nitrogens is 4. The van der Waals surface area contributed by atoms with Gasteiger partial charge in [0.1, 0.15) is 28.8 Å². The summed E-state index contributed by atoms with van der Waals surface area (Å²) in [6, 6.07) is 6.38. The third kappa shape index (κ3) is 3.69. The molecule has 1 aromatic carbocycles. The van der Waals surface area contributed by atoms with Crippen LogP contribution in [0, 0.1) is 5.82 Å². The average molecular weight is 414 g/mol. The van der Waals surface area contributed by atoms with E-state index in [0.29, 0.717) is 16.5 Å². The van der Waals surface area contributed by atoms with Crippen LogP contribution < -0.4 is 16.2 Å². The highest BCUT2D eigenvalue weighted by Crippen LogP contribution is 2.38. The van der Waals surface area contributed by atoms with Crippen molar-refractivity contribution in [3.05, 3.63) is 48.0 Å². The molecule has 4 N–H and O–H groups in total. The Morgan fingerprint density at radius 1 is 1.14 bits per heavy atom. The van der Waals surface area contributed by atoms with Gasteiger partial charge in [0.2, 0.25) is 5.95 Å². The Bertz CT molecular complexity index is 1170. The molecule has 0 aliphatic rings. The number of hydrogen-bond acceptors (Lipinski definition) is 9. The van der Waals surface area contributed by atoms with Gasteiger partial charge in [0, 0.05) is 34.3 Å². The van der Waals surface area contributed by atoms with Crippen molar-refractivity contribution in [1.82, 2.24) is 19.9 Å². The van der Waals surface area contributed by atoms with Crippen molar-refractivity contribution in [2.75, 3.05) is 17.7 Å². The Morgan fingerprint density at radius 2 is 2.00 bits per heavy atom. The summed E-state index contributed by atoms with van der Waals surface area (Å²) in [5.41, 5.74) is 12.7. The summed E-state index contributed by atoms with van der Waals surface area (Å²) in [5.74, 6) is 0.308. The maximum absolute atomic E-state index is 13.9. The second-order valence-corrected chi connectivity index (χ2v) is 7.60.